The molecule has 2 aromatic rings. The van der Waals surface area contributed by atoms with E-state index in [1.165, 1.54) is 4.90 Å². The van der Waals surface area contributed by atoms with Crippen molar-refractivity contribution in [2.24, 2.45) is 5.73 Å². The van der Waals surface area contributed by atoms with Gasteiger partial charge in [0.2, 0.25) is 5.91 Å². The Morgan fingerprint density at radius 1 is 1.04 bits per heavy atom. The quantitative estimate of drug-likeness (QED) is 0.771. The minimum Gasteiger partial charge on any atom is -0.367 e. The average molecular weight is 417 g/mol. The molecule has 0 bridgehead atoms. The minimum atomic E-state index is -0.831. The van der Waals surface area contributed by atoms with Crippen LogP contribution in [0.25, 0.3) is 0 Å². The maximum Gasteiger partial charge on any atom is 0.254 e. The molecule has 3 rings (SSSR count). The number of ether oxygens (including phenoxy) is 1. The molecule has 26 heavy (non-hydrogen) atoms. The van der Waals surface area contributed by atoms with Crippen molar-refractivity contribution in [3.63, 3.8) is 0 Å². The first-order valence-corrected chi connectivity index (χ1v) is 8.86. The number of hydrogen-bond acceptors (Lipinski definition) is 4. The van der Waals surface area contributed by atoms with Crippen molar-refractivity contribution in [1.82, 2.24) is 4.90 Å². The number of carbonyl (C=O) groups is 3. The Bertz CT molecular complexity index is 851. The van der Waals surface area contributed by atoms with Gasteiger partial charge in [-0.1, -0.05) is 34.1 Å². The number of amides is 2. The summed E-state index contributed by atoms with van der Waals surface area (Å²) in [6.07, 6.45) is -0.831. The van der Waals surface area contributed by atoms with Gasteiger partial charge in [0, 0.05) is 22.1 Å². The number of hydrogen-bond donors (Lipinski definition) is 1. The number of nitrogens with two attached hydrogens (primary N) is 1. The molecule has 134 valence electrons. The van der Waals surface area contributed by atoms with Gasteiger partial charge in [-0.15, -0.1) is 0 Å². The lowest BCUT2D eigenvalue weighted by Gasteiger charge is -2.31. The number of halogens is 1. The van der Waals surface area contributed by atoms with Gasteiger partial charge in [-0.25, -0.2) is 0 Å². The molecule has 0 saturated carbocycles. The molecule has 1 aliphatic rings. The van der Waals surface area contributed by atoms with Crippen molar-refractivity contribution in [2.45, 2.75) is 6.10 Å². The topological polar surface area (TPSA) is 89.7 Å². The summed E-state index contributed by atoms with van der Waals surface area (Å²) in [4.78, 5) is 38.6. The van der Waals surface area contributed by atoms with Gasteiger partial charge in [-0.2, -0.15) is 0 Å². The number of morpholine rings is 1. The number of nitrogens with zero attached hydrogens (tertiary/aromatic N) is 1. The van der Waals surface area contributed by atoms with E-state index in [-0.39, 0.29) is 24.8 Å². The first-order valence-electron chi connectivity index (χ1n) is 8.07. The fraction of sp³-hybridized carbons (Fsp3) is 0.211. The Labute approximate surface area is 159 Å². The minimum absolute atomic E-state index is 0.0783. The van der Waals surface area contributed by atoms with E-state index in [1.54, 1.807) is 48.5 Å². The SMILES string of the molecule is NC(=O)C1CN(C(=O)c2ccccc2C(=O)c2ccc(Br)cc2)CCO1. The number of carbonyl (C=O) groups excluding carboxylic acids is 3. The molecule has 0 aliphatic carbocycles. The zero-order chi connectivity index (χ0) is 18.7. The Hall–Kier alpha value is -2.51. The first-order chi connectivity index (χ1) is 12.5. The highest BCUT2D eigenvalue weighted by atomic mass is 79.9. The molecule has 1 atom stereocenters. The number of ketones is 1. The summed E-state index contributed by atoms with van der Waals surface area (Å²) in [5.74, 6) is -1.16. The molecule has 1 fully saturated rings. The molecule has 1 saturated heterocycles. The Kier molecular flexibility index (Phi) is 5.49. The predicted octanol–water partition coefficient (Wildman–Crippen LogP) is 2.01. The van der Waals surface area contributed by atoms with E-state index in [0.717, 1.165) is 4.47 Å². The monoisotopic (exact) mass is 416 g/mol. The molecular formula is C19H17BrN2O4. The molecule has 2 N–H and O–H groups in total. The largest absolute Gasteiger partial charge is 0.367 e. The van der Waals surface area contributed by atoms with Gasteiger partial charge < -0.3 is 15.4 Å². The molecule has 2 aromatic carbocycles. The second-order valence-corrected chi connectivity index (χ2v) is 6.81. The summed E-state index contributed by atoms with van der Waals surface area (Å²) >= 11 is 3.34. The van der Waals surface area contributed by atoms with Gasteiger partial charge in [-0.05, 0) is 30.3 Å². The number of benzene rings is 2. The van der Waals surface area contributed by atoms with E-state index in [4.69, 9.17) is 10.5 Å². The van der Waals surface area contributed by atoms with Crippen LogP contribution in [0.15, 0.2) is 53.0 Å². The van der Waals surface area contributed by atoms with Crippen LogP contribution in [0.1, 0.15) is 26.3 Å². The highest BCUT2D eigenvalue weighted by molar-refractivity contribution is 9.10. The van der Waals surface area contributed by atoms with Gasteiger partial charge in [0.1, 0.15) is 0 Å². The summed E-state index contributed by atoms with van der Waals surface area (Å²) in [7, 11) is 0. The van der Waals surface area contributed by atoms with Gasteiger partial charge in [-0.3, -0.25) is 14.4 Å². The molecule has 1 unspecified atom stereocenters. The summed E-state index contributed by atoms with van der Waals surface area (Å²) in [6.45, 7) is 0.639. The molecule has 0 spiro atoms. The van der Waals surface area contributed by atoms with Gasteiger partial charge >= 0.3 is 0 Å². The van der Waals surface area contributed by atoms with Crippen LogP contribution >= 0.6 is 15.9 Å². The standard InChI is InChI=1S/C19H17BrN2O4/c20-13-7-5-12(6-8-13)17(23)14-3-1-2-4-15(14)19(25)22-9-10-26-16(11-22)18(21)24/h1-8,16H,9-11H2,(H2,21,24). The summed E-state index contributed by atoms with van der Waals surface area (Å²) in [5, 5.41) is 0. The molecule has 1 aliphatic heterocycles. The molecule has 1 heterocycles. The second-order valence-electron chi connectivity index (χ2n) is 5.89. The molecular weight excluding hydrogens is 400 g/mol. The molecule has 7 heteroatoms. The molecule has 0 aromatic heterocycles. The second kappa shape index (κ2) is 7.80. The fourth-order valence-electron chi connectivity index (χ4n) is 2.80. The summed E-state index contributed by atoms with van der Waals surface area (Å²) < 4.78 is 6.14. The van der Waals surface area contributed by atoms with Gasteiger partial charge in [0.25, 0.3) is 5.91 Å². The van der Waals surface area contributed by atoms with Crippen LogP contribution in [0.2, 0.25) is 0 Å². The third-order valence-electron chi connectivity index (χ3n) is 4.18. The van der Waals surface area contributed by atoms with Crippen molar-refractivity contribution in [3.05, 3.63) is 69.7 Å². The fourth-order valence-corrected chi connectivity index (χ4v) is 3.06. The van der Waals surface area contributed by atoms with E-state index in [1.807, 2.05) is 0 Å². The van der Waals surface area contributed by atoms with Crippen LogP contribution in [0, 0.1) is 0 Å². The summed E-state index contributed by atoms with van der Waals surface area (Å²) in [6, 6.07) is 13.6. The molecule has 6 nitrogen and oxygen atoms in total. The molecule has 2 amide bonds. The van der Waals surface area contributed by atoms with Crippen LogP contribution in [-0.4, -0.2) is 48.3 Å². The van der Waals surface area contributed by atoms with Crippen LogP contribution in [0.4, 0.5) is 0 Å². The highest BCUT2D eigenvalue weighted by Crippen LogP contribution is 2.19. The van der Waals surface area contributed by atoms with E-state index >= 15 is 0 Å². The third-order valence-corrected chi connectivity index (χ3v) is 4.71. The van der Waals surface area contributed by atoms with E-state index in [2.05, 4.69) is 15.9 Å². The first kappa shape index (κ1) is 18.3. The van der Waals surface area contributed by atoms with Gasteiger partial charge in [0.15, 0.2) is 11.9 Å². The van der Waals surface area contributed by atoms with Crippen molar-refractivity contribution in [2.75, 3.05) is 19.7 Å². The zero-order valence-corrected chi connectivity index (χ0v) is 15.4. The lowest BCUT2D eigenvalue weighted by atomic mass is 9.97. The van der Waals surface area contributed by atoms with Crippen molar-refractivity contribution in [1.29, 1.82) is 0 Å². The maximum atomic E-state index is 12.9. The molecule has 0 radical (unpaired) electrons. The van der Waals surface area contributed by atoms with Crippen molar-refractivity contribution >= 4 is 33.5 Å². The third kappa shape index (κ3) is 3.84. The zero-order valence-electron chi connectivity index (χ0n) is 13.9. The average Bonchev–Trinajstić information content (AvgIpc) is 2.67. The smallest absolute Gasteiger partial charge is 0.254 e. The van der Waals surface area contributed by atoms with Crippen LogP contribution in [0.3, 0.4) is 0 Å². The van der Waals surface area contributed by atoms with E-state index in [9.17, 15) is 14.4 Å². The summed E-state index contributed by atoms with van der Waals surface area (Å²) in [5.41, 5.74) is 6.38. The highest BCUT2D eigenvalue weighted by Gasteiger charge is 2.30. The van der Waals surface area contributed by atoms with Crippen LogP contribution in [0.5, 0.6) is 0 Å². The number of rotatable bonds is 4. The van der Waals surface area contributed by atoms with Gasteiger partial charge in [0.05, 0.1) is 18.7 Å². The van der Waals surface area contributed by atoms with E-state index in [0.29, 0.717) is 23.2 Å². The van der Waals surface area contributed by atoms with E-state index < -0.39 is 12.0 Å². The number of primary amides is 1. The van der Waals surface area contributed by atoms with Crippen LogP contribution in [-0.2, 0) is 9.53 Å². The lowest BCUT2D eigenvalue weighted by Crippen LogP contribution is -2.50. The Morgan fingerprint density at radius 3 is 2.35 bits per heavy atom. The Morgan fingerprint density at radius 2 is 1.69 bits per heavy atom. The Balaban J connectivity index is 1.89. The normalized spacial score (nSPS) is 17.0. The maximum absolute atomic E-state index is 12.9. The predicted molar refractivity (Wildman–Crippen MR) is 98.9 cm³/mol. The van der Waals surface area contributed by atoms with Crippen molar-refractivity contribution in [3.8, 4) is 0 Å². The van der Waals surface area contributed by atoms with Crippen LogP contribution < -0.4 is 5.73 Å². The van der Waals surface area contributed by atoms with Crippen molar-refractivity contribution < 1.29 is 19.1 Å². The lowest BCUT2D eigenvalue weighted by molar-refractivity contribution is -0.133.